The van der Waals surface area contributed by atoms with E-state index in [0.29, 0.717) is 12.0 Å². The van der Waals surface area contributed by atoms with Crippen LogP contribution in [0.25, 0.3) is 0 Å². The Kier molecular flexibility index (Phi) is 4.44. The Bertz CT molecular complexity index is 413. The first-order valence-electron chi connectivity index (χ1n) is 5.70. The van der Waals surface area contributed by atoms with Crippen molar-refractivity contribution >= 4 is 11.8 Å². The van der Waals surface area contributed by atoms with Crippen LogP contribution in [0, 0.1) is 11.8 Å². The van der Waals surface area contributed by atoms with E-state index in [0.717, 1.165) is 5.57 Å². The zero-order valence-electron chi connectivity index (χ0n) is 10.4. The van der Waals surface area contributed by atoms with Gasteiger partial charge in [0.15, 0.2) is 5.78 Å². The number of allylic oxidation sites excluding steroid dienone is 5. The third kappa shape index (κ3) is 4.02. The molecule has 1 aliphatic carbocycles. The van der Waals surface area contributed by atoms with Crippen molar-refractivity contribution in [1.29, 1.82) is 0 Å². The Hall–Kier alpha value is -1.64. The molecule has 0 saturated heterocycles. The molecule has 0 saturated carbocycles. The van der Waals surface area contributed by atoms with Gasteiger partial charge in [0.05, 0.1) is 0 Å². The molecular formula is C14H18O3. The fraction of sp³-hybridized carbons (Fsp3) is 0.429. The molecule has 2 unspecified atom stereocenters. The fourth-order valence-electron chi connectivity index (χ4n) is 2.14. The summed E-state index contributed by atoms with van der Waals surface area (Å²) in [6, 6.07) is 0. The molecule has 0 heterocycles. The maximum absolute atomic E-state index is 11.3. The molecule has 0 radical (unpaired) electrons. The number of carboxylic acids is 1. The van der Waals surface area contributed by atoms with Crippen molar-refractivity contribution in [3.05, 3.63) is 35.5 Å². The van der Waals surface area contributed by atoms with Gasteiger partial charge in [-0.25, -0.2) is 4.79 Å². The molecule has 3 heteroatoms. The molecule has 2 atom stereocenters. The minimum atomic E-state index is -0.939. The average molecular weight is 234 g/mol. The minimum Gasteiger partial charge on any atom is -0.478 e. The van der Waals surface area contributed by atoms with Crippen molar-refractivity contribution in [3.63, 3.8) is 0 Å². The summed E-state index contributed by atoms with van der Waals surface area (Å²) in [4.78, 5) is 21.8. The van der Waals surface area contributed by atoms with E-state index in [1.54, 1.807) is 13.0 Å². The third-order valence-corrected chi connectivity index (χ3v) is 2.97. The Balaban J connectivity index is 2.81. The van der Waals surface area contributed by atoms with Crippen LogP contribution in [0.15, 0.2) is 35.5 Å². The molecule has 3 nitrogen and oxygen atoms in total. The number of hydrogen-bond donors (Lipinski definition) is 1. The monoisotopic (exact) mass is 234 g/mol. The van der Waals surface area contributed by atoms with Gasteiger partial charge in [0.1, 0.15) is 0 Å². The summed E-state index contributed by atoms with van der Waals surface area (Å²) in [5, 5.41) is 8.59. The Morgan fingerprint density at radius 1 is 1.53 bits per heavy atom. The van der Waals surface area contributed by atoms with Gasteiger partial charge in [-0.15, -0.1) is 0 Å². The van der Waals surface area contributed by atoms with E-state index >= 15 is 0 Å². The standard InChI is InChI=1S/C14H18O3/c1-9(6-14(16)17)4-5-13-10(2)7-12(15)8-11(13)3/h4-7,11,13H,8H2,1-3H3,(H,16,17)/b5-4+,9-6+. The number of ketones is 1. The molecule has 1 rings (SSSR count). The smallest absolute Gasteiger partial charge is 0.328 e. The highest BCUT2D eigenvalue weighted by molar-refractivity contribution is 5.91. The predicted octanol–water partition coefficient (Wildman–Crippen LogP) is 2.74. The van der Waals surface area contributed by atoms with Crippen molar-refractivity contribution < 1.29 is 14.7 Å². The van der Waals surface area contributed by atoms with E-state index in [1.807, 2.05) is 26.0 Å². The lowest BCUT2D eigenvalue weighted by Crippen LogP contribution is -2.20. The quantitative estimate of drug-likeness (QED) is 0.603. The van der Waals surface area contributed by atoms with Gasteiger partial charge in [-0.3, -0.25) is 4.79 Å². The second-order valence-corrected chi connectivity index (χ2v) is 4.65. The van der Waals surface area contributed by atoms with E-state index in [9.17, 15) is 9.59 Å². The van der Waals surface area contributed by atoms with Crippen LogP contribution in [-0.2, 0) is 9.59 Å². The second-order valence-electron chi connectivity index (χ2n) is 4.65. The maximum atomic E-state index is 11.3. The Morgan fingerprint density at radius 2 is 2.18 bits per heavy atom. The van der Waals surface area contributed by atoms with Crippen LogP contribution in [0.2, 0.25) is 0 Å². The highest BCUT2D eigenvalue weighted by Gasteiger charge is 2.23. The number of hydrogen-bond acceptors (Lipinski definition) is 2. The van der Waals surface area contributed by atoms with Crippen LogP contribution in [0.5, 0.6) is 0 Å². The van der Waals surface area contributed by atoms with Gasteiger partial charge in [-0.05, 0) is 31.4 Å². The number of carboxylic acid groups (broad SMARTS) is 1. The Morgan fingerprint density at radius 3 is 2.71 bits per heavy atom. The normalized spacial score (nSPS) is 26.2. The molecule has 92 valence electrons. The van der Waals surface area contributed by atoms with Gasteiger partial charge in [-0.2, -0.15) is 0 Å². The molecule has 0 spiro atoms. The van der Waals surface area contributed by atoms with Crippen LogP contribution in [-0.4, -0.2) is 16.9 Å². The van der Waals surface area contributed by atoms with Crippen LogP contribution in [0.3, 0.4) is 0 Å². The highest BCUT2D eigenvalue weighted by atomic mass is 16.4. The lowest BCUT2D eigenvalue weighted by atomic mass is 9.79. The van der Waals surface area contributed by atoms with Crippen molar-refractivity contribution in [2.75, 3.05) is 0 Å². The van der Waals surface area contributed by atoms with E-state index < -0.39 is 5.97 Å². The second kappa shape index (κ2) is 5.62. The molecule has 0 aromatic rings. The molecule has 0 amide bonds. The maximum Gasteiger partial charge on any atom is 0.328 e. The number of carbonyl (C=O) groups is 2. The van der Waals surface area contributed by atoms with E-state index in [4.69, 9.17) is 5.11 Å². The van der Waals surface area contributed by atoms with Gasteiger partial charge in [0, 0.05) is 18.4 Å². The van der Waals surface area contributed by atoms with Gasteiger partial charge in [-0.1, -0.05) is 24.6 Å². The van der Waals surface area contributed by atoms with E-state index in [1.165, 1.54) is 6.08 Å². The zero-order valence-corrected chi connectivity index (χ0v) is 10.4. The van der Waals surface area contributed by atoms with Crippen LogP contribution in [0.1, 0.15) is 27.2 Å². The minimum absolute atomic E-state index is 0.178. The molecular weight excluding hydrogens is 216 g/mol. The van der Waals surface area contributed by atoms with Gasteiger partial charge in [0.25, 0.3) is 0 Å². The van der Waals surface area contributed by atoms with Gasteiger partial charge < -0.3 is 5.11 Å². The lowest BCUT2D eigenvalue weighted by molar-refractivity contribution is -0.131. The Labute approximate surface area is 102 Å². The fourth-order valence-corrected chi connectivity index (χ4v) is 2.14. The van der Waals surface area contributed by atoms with Gasteiger partial charge >= 0.3 is 5.97 Å². The van der Waals surface area contributed by atoms with E-state index in [2.05, 4.69) is 0 Å². The lowest BCUT2D eigenvalue weighted by Gasteiger charge is -2.25. The molecule has 1 N–H and O–H groups in total. The predicted molar refractivity (Wildman–Crippen MR) is 66.6 cm³/mol. The van der Waals surface area contributed by atoms with Crippen LogP contribution < -0.4 is 0 Å². The summed E-state index contributed by atoms with van der Waals surface area (Å²) in [6.07, 6.45) is 7.22. The first kappa shape index (κ1) is 13.4. The molecule has 0 aromatic carbocycles. The molecule has 1 aliphatic rings. The summed E-state index contributed by atoms with van der Waals surface area (Å²) in [5.41, 5.74) is 1.75. The molecule has 0 aliphatic heterocycles. The zero-order chi connectivity index (χ0) is 13.0. The SMILES string of the molecule is CC1=CC(=O)CC(C)C1/C=C/C(C)=C/C(=O)O. The largest absolute Gasteiger partial charge is 0.478 e. The van der Waals surface area contributed by atoms with Crippen LogP contribution in [0.4, 0.5) is 0 Å². The van der Waals surface area contributed by atoms with Crippen LogP contribution >= 0.6 is 0 Å². The van der Waals surface area contributed by atoms with Gasteiger partial charge in [0.2, 0.25) is 0 Å². The van der Waals surface area contributed by atoms with Crippen molar-refractivity contribution in [1.82, 2.24) is 0 Å². The van der Waals surface area contributed by atoms with Crippen molar-refractivity contribution in [2.24, 2.45) is 11.8 Å². The van der Waals surface area contributed by atoms with E-state index in [-0.39, 0.29) is 17.6 Å². The highest BCUT2D eigenvalue weighted by Crippen LogP contribution is 2.29. The molecule has 17 heavy (non-hydrogen) atoms. The van der Waals surface area contributed by atoms with Crippen molar-refractivity contribution in [2.45, 2.75) is 27.2 Å². The summed E-state index contributed by atoms with van der Waals surface area (Å²) >= 11 is 0. The summed E-state index contributed by atoms with van der Waals surface area (Å²) in [6.45, 7) is 5.74. The molecule has 0 fully saturated rings. The summed E-state index contributed by atoms with van der Waals surface area (Å²) in [5.74, 6) is -0.255. The van der Waals surface area contributed by atoms with Crippen molar-refractivity contribution in [3.8, 4) is 0 Å². The molecule has 0 aromatic heterocycles. The first-order chi connectivity index (χ1) is 7.90. The first-order valence-corrected chi connectivity index (χ1v) is 5.70. The summed E-state index contributed by atoms with van der Waals surface area (Å²) < 4.78 is 0. The summed E-state index contributed by atoms with van der Waals surface area (Å²) in [7, 11) is 0. The topological polar surface area (TPSA) is 54.4 Å². The number of carbonyl (C=O) groups excluding carboxylic acids is 1. The molecule has 0 bridgehead atoms. The third-order valence-electron chi connectivity index (χ3n) is 2.97. The number of rotatable bonds is 3. The number of aliphatic carboxylic acids is 1. The average Bonchev–Trinajstić information content (AvgIpc) is 2.14.